The first-order chi connectivity index (χ1) is 18.4. The van der Waals surface area contributed by atoms with Crippen LogP contribution in [-0.4, -0.2) is 42.0 Å². The average molecular weight is 532 g/mol. The number of benzene rings is 3. The summed E-state index contributed by atoms with van der Waals surface area (Å²) in [7, 11) is 1.52. The van der Waals surface area contributed by atoms with Crippen molar-refractivity contribution in [3.8, 4) is 5.75 Å². The van der Waals surface area contributed by atoms with E-state index in [1.54, 1.807) is 42.5 Å². The lowest BCUT2D eigenvalue weighted by Crippen LogP contribution is -2.34. The minimum Gasteiger partial charge on any atom is -0.503 e. The number of aliphatic hydroxyl groups excluding tert-OH is 1. The number of methoxy groups -OCH3 is 1. The van der Waals surface area contributed by atoms with Crippen molar-refractivity contribution in [3.63, 3.8) is 0 Å². The summed E-state index contributed by atoms with van der Waals surface area (Å²) < 4.78 is 17.0. The number of carbonyl (C=O) groups excluding carboxylic acids is 2. The van der Waals surface area contributed by atoms with Crippen molar-refractivity contribution in [1.29, 1.82) is 0 Å². The van der Waals surface area contributed by atoms with Crippen LogP contribution < -0.4 is 4.74 Å². The Kier molecular flexibility index (Phi) is 7.22. The summed E-state index contributed by atoms with van der Waals surface area (Å²) in [5.74, 6) is -1.28. The quantitative estimate of drug-likeness (QED) is 0.259. The van der Waals surface area contributed by atoms with Crippen LogP contribution in [0.25, 0.3) is 11.0 Å². The van der Waals surface area contributed by atoms with Crippen LogP contribution >= 0.6 is 11.6 Å². The summed E-state index contributed by atoms with van der Waals surface area (Å²) in [6.07, 6.45) is 0. The number of Topliss-reactive ketones (excluding diaryl/α,β-unsaturated/α-hetero) is 1. The van der Waals surface area contributed by atoms with Gasteiger partial charge in [-0.25, -0.2) is 0 Å². The minimum atomic E-state index is -0.857. The fourth-order valence-corrected chi connectivity index (χ4v) is 4.72. The molecule has 1 atom stereocenters. The predicted molar refractivity (Wildman–Crippen MR) is 143 cm³/mol. The molecule has 4 aromatic rings. The number of ketones is 1. The summed E-state index contributed by atoms with van der Waals surface area (Å²) in [5.41, 5.74) is 3.20. The van der Waals surface area contributed by atoms with Gasteiger partial charge >= 0.3 is 0 Å². The van der Waals surface area contributed by atoms with Gasteiger partial charge in [-0.05, 0) is 54.4 Å². The van der Waals surface area contributed by atoms with Crippen LogP contribution in [-0.2, 0) is 16.1 Å². The van der Waals surface area contributed by atoms with Crippen LogP contribution in [0.4, 0.5) is 0 Å². The van der Waals surface area contributed by atoms with Gasteiger partial charge in [-0.15, -0.1) is 0 Å². The van der Waals surface area contributed by atoms with E-state index in [0.29, 0.717) is 33.9 Å². The normalized spacial score (nSPS) is 15.5. The van der Waals surface area contributed by atoms with E-state index in [1.165, 1.54) is 12.0 Å². The highest BCUT2D eigenvalue weighted by Gasteiger charge is 2.44. The summed E-state index contributed by atoms with van der Waals surface area (Å²) in [4.78, 5) is 28.2. The zero-order valence-corrected chi connectivity index (χ0v) is 21.7. The van der Waals surface area contributed by atoms with E-state index in [0.717, 1.165) is 11.1 Å². The van der Waals surface area contributed by atoms with E-state index in [4.69, 9.17) is 25.5 Å². The number of hydrogen-bond acceptors (Lipinski definition) is 6. The summed E-state index contributed by atoms with van der Waals surface area (Å²) >= 11 is 6.08. The third-order valence-electron chi connectivity index (χ3n) is 6.49. The van der Waals surface area contributed by atoms with Crippen LogP contribution in [0.15, 0.2) is 88.5 Å². The largest absolute Gasteiger partial charge is 0.503 e. The lowest BCUT2D eigenvalue weighted by molar-refractivity contribution is -0.130. The maximum absolute atomic E-state index is 13.7. The van der Waals surface area contributed by atoms with Crippen molar-refractivity contribution in [3.05, 3.63) is 112 Å². The van der Waals surface area contributed by atoms with Gasteiger partial charge in [0.1, 0.15) is 17.9 Å². The summed E-state index contributed by atoms with van der Waals surface area (Å²) in [6, 6.07) is 20.9. The van der Waals surface area contributed by atoms with E-state index >= 15 is 0 Å². The molecule has 3 aromatic carbocycles. The van der Waals surface area contributed by atoms with Crippen molar-refractivity contribution < 1.29 is 28.6 Å². The first-order valence-corrected chi connectivity index (χ1v) is 12.5. The highest BCUT2D eigenvalue weighted by Crippen LogP contribution is 2.40. The van der Waals surface area contributed by atoms with Crippen LogP contribution in [0.3, 0.4) is 0 Å². The number of amides is 1. The van der Waals surface area contributed by atoms with Crippen LogP contribution in [0, 0.1) is 6.92 Å². The second kappa shape index (κ2) is 10.7. The first-order valence-electron chi connectivity index (χ1n) is 12.1. The number of nitrogens with zero attached hydrogens (tertiary/aromatic N) is 1. The molecule has 38 heavy (non-hydrogen) atoms. The van der Waals surface area contributed by atoms with Crippen LogP contribution in [0.2, 0.25) is 5.02 Å². The molecule has 7 nitrogen and oxygen atoms in total. The number of rotatable bonds is 9. The summed E-state index contributed by atoms with van der Waals surface area (Å²) in [6.45, 7) is 2.78. The van der Waals surface area contributed by atoms with Gasteiger partial charge in [0.05, 0.1) is 18.2 Å². The number of aliphatic hydroxyl groups is 1. The smallest absolute Gasteiger partial charge is 0.290 e. The Labute approximate surface area is 224 Å². The average Bonchev–Trinajstić information content (AvgIpc) is 3.45. The number of ether oxygens (including phenoxy) is 2. The van der Waals surface area contributed by atoms with Gasteiger partial charge in [0.25, 0.3) is 5.91 Å². The molecule has 2 heterocycles. The molecule has 1 unspecified atom stereocenters. The fourth-order valence-electron chi connectivity index (χ4n) is 4.54. The van der Waals surface area contributed by atoms with Crippen LogP contribution in [0.1, 0.15) is 33.3 Å². The Morgan fingerprint density at radius 3 is 2.63 bits per heavy atom. The molecule has 1 aliphatic heterocycles. The first kappa shape index (κ1) is 25.6. The second-order valence-electron chi connectivity index (χ2n) is 9.12. The number of halogens is 1. The van der Waals surface area contributed by atoms with E-state index < -0.39 is 23.5 Å². The second-order valence-corrected chi connectivity index (χ2v) is 9.56. The van der Waals surface area contributed by atoms with Crippen molar-refractivity contribution in [2.45, 2.75) is 19.6 Å². The molecule has 0 saturated carbocycles. The number of aryl methyl sites for hydroxylation is 1. The van der Waals surface area contributed by atoms with Gasteiger partial charge in [-0.1, -0.05) is 53.6 Å². The third kappa shape index (κ3) is 5.03. The number of fused-ring (bicyclic) bond motifs is 1. The zero-order valence-electron chi connectivity index (χ0n) is 20.9. The maximum atomic E-state index is 13.7. The van der Waals surface area contributed by atoms with E-state index in [2.05, 4.69) is 0 Å². The standard InChI is InChI=1S/C30H26ClNO6/c1-18-6-8-19(9-7-18)17-37-23-5-3-4-20(15-23)27-26(29(34)30(35)32(27)12-13-36-2)28(33)25-16-21-14-22(31)10-11-24(21)38-25/h3-11,14-16,27,34H,12-13,17H2,1-2H3. The molecular formula is C30H26ClNO6. The van der Waals surface area contributed by atoms with Gasteiger partial charge in [0, 0.05) is 24.1 Å². The molecule has 5 rings (SSSR count). The maximum Gasteiger partial charge on any atom is 0.290 e. The Hall–Kier alpha value is -4.07. The highest BCUT2D eigenvalue weighted by molar-refractivity contribution is 6.31. The third-order valence-corrected chi connectivity index (χ3v) is 6.72. The van der Waals surface area contributed by atoms with E-state index in [-0.39, 0.29) is 24.5 Å². The predicted octanol–water partition coefficient (Wildman–Crippen LogP) is 6.20. The topological polar surface area (TPSA) is 89.2 Å². The van der Waals surface area contributed by atoms with Gasteiger partial charge in [-0.2, -0.15) is 0 Å². The molecule has 194 valence electrons. The van der Waals surface area contributed by atoms with Gasteiger partial charge < -0.3 is 23.9 Å². The lowest BCUT2D eigenvalue weighted by Gasteiger charge is -2.26. The fraction of sp³-hybridized carbons (Fsp3) is 0.200. The zero-order chi connectivity index (χ0) is 26.8. The molecular weight excluding hydrogens is 506 g/mol. The number of furan rings is 1. The molecule has 0 radical (unpaired) electrons. The molecule has 0 spiro atoms. The molecule has 1 aliphatic rings. The number of carbonyl (C=O) groups is 2. The van der Waals surface area contributed by atoms with Crippen LogP contribution in [0.5, 0.6) is 5.75 Å². The molecule has 0 fully saturated rings. The van der Waals surface area contributed by atoms with E-state index in [9.17, 15) is 14.7 Å². The van der Waals surface area contributed by atoms with Crippen molar-refractivity contribution in [1.82, 2.24) is 4.90 Å². The molecule has 1 amide bonds. The van der Waals surface area contributed by atoms with Gasteiger partial charge in [-0.3, -0.25) is 9.59 Å². The Morgan fingerprint density at radius 2 is 1.87 bits per heavy atom. The Bertz CT molecular complexity index is 1540. The molecule has 0 aliphatic carbocycles. The molecule has 1 aromatic heterocycles. The lowest BCUT2D eigenvalue weighted by atomic mass is 9.95. The molecule has 8 heteroatoms. The van der Waals surface area contributed by atoms with Crippen molar-refractivity contribution in [2.75, 3.05) is 20.3 Å². The van der Waals surface area contributed by atoms with Gasteiger partial charge in [0.2, 0.25) is 5.78 Å². The van der Waals surface area contributed by atoms with E-state index in [1.807, 2.05) is 37.3 Å². The number of hydrogen-bond donors (Lipinski definition) is 1. The Balaban J connectivity index is 1.49. The minimum absolute atomic E-state index is 0.00184. The van der Waals surface area contributed by atoms with Crippen molar-refractivity contribution in [2.24, 2.45) is 0 Å². The van der Waals surface area contributed by atoms with Crippen molar-refractivity contribution >= 4 is 34.3 Å². The Morgan fingerprint density at radius 1 is 1.08 bits per heavy atom. The SMILES string of the molecule is COCCN1C(=O)C(O)=C(C(=O)c2cc3cc(Cl)ccc3o2)C1c1cccc(OCc2ccc(C)cc2)c1. The highest BCUT2D eigenvalue weighted by atomic mass is 35.5. The molecule has 0 saturated heterocycles. The van der Waals surface area contributed by atoms with Gasteiger partial charge in [0.15, 0.2) is 11.5 Å². The molecule has 0 bridgehead atoms. The molecule has 1 N–H and O–H groups in total. The monoisotopic (exact) mass is 531 g/mol. The summed E-state index contributed by atoms with van der Waals surface area (Å²) in [5, 5.41) is 12.0.